The second-order valence-electron chi connectivity index (χ2n) is 4.31. The van der Waals surface area contributed by atoms with Crippen LogP contribution in [0.2, 0.25) is 0 Å². The molecule has 108 valence electrons. The van der Waals surface area contributed by atoms with Crippen molar-refractivity contribution >= 4 is 27.7 Å². The van der Waals surface area contributed by atoms with Crippen molar-refractivity contribution in [3.05, 3.63) is 46.2 Å². The third kappa shape index (κ3) is 3.25. The highest BCUT2D eigenvalue weighted by molar-refractivity contribution is 9.10. The van der Waals surface area contributed by atoms with E-state index < -0.39 is 0 Å². The predicted molar refractivity (Wildman–Crippen MR) is 86.1 cm³/mol. The fourth-order valence-electron chi connectivity index (χ4n) is 2.11. The molecule has 0 aliphatic rings. The molecule has 0 spiro atoms. The molecule has 2 N–H and O–H groups in total. The van der Waals surface area contributed by atoms with E-state index in [1.165, 1.54) is 4.90 Å². The first kappa shape index (κ1) is 15.6. The van der Waals surface area contributed by atoms with Crippen molar-refractivity contribution in [3.8, 4) is 0 Å². The Hall–Kier alpha value is -0.820. The topological polar surface area (TPSA) is 53.1 Å². The van der Waals surface area contributed by atoms with Crippen LogP contribution < -0.4 is 5.73 Å². The Morgan fingerprint density at radius 1 is 1.45 bits per heavy atom. The maximum atomic E-state index is 6.47. The van der Waals surface area contributed by atoms with Gasteiger partial charge in [-0.2, -0.15) is 5.10 Å². The van der Waals surface area contributed by atoms with E-state index in [0.29, 0.717) is 13.2 Å². The highest BCUT2D eigenvalue weighted by Crippen LogP contribution is 2.32. The molecule has 2 aromatic rings. The summed E-state index contributed by atoms with van der Waals surface area (Å²) in [6.07, 6.45) is 3.84. The molecule has 20 heavy (non-hydrogen) atoms. The van der Waals surface area contributed by atoms with Gasteiger partial charge in [0.2, 0.25) is 0 Å². The monoisotopic (exact) mass is 355 g/mol. The van der Waals surface area contributed by atoms with Crippen molar-refractivity contribution in [1.29, 1.82) is 0 Å². The Morgan fingerprint density at radius 2 is 2.20 bits per heavy atom. The van der Waals surface area contributed by atoms with Gasteiger partial charge in [0, 0.05) is 12.0 Å². The zero-order chi connectivity index (χ0) is 14.5. The number of hydrogen-bond acceptors (Lipinski definition) is 4. The summed E-state index contributed by atoms with van der Waals surface area (Å²) in [4.78, 5) is 1.19. The minimum atomic E-state index is -0.215. The maximum absolute atomic E-state index is 6.47. The average molecular weight is 356 g/mol. The summed E-state index contributed by atoms with van der Waals surface area (Å²) >= 11 is 5.24. The third-order valence-corrected chi connectivity index (χ3v) is 4.53. The first-order valence-electron chi connectivity index (χ1n) is 6.27. The minimum Gasteiger partial charge on any atom is -0.383 e. The van der Waals surface area contributed by atoms with E-state index in [2.05, 4.69) is 39.4 Å². The van der Waals surface area contributed by atoms with E-state index in [4.69, 9.17) is 10.5 Å². The standard InChI is InChI=1S/C14H18BrN3OS/c1-19-8-7-18-14(11(15)9-17-18)13(16)10-5-3-4-6-12(10)20-2/h3-6,9,13H,7-8,16H2,1-2H3. The van der Waals surface area contributed by atoms with Crippen molar-refractivity contribution in [2.24, 2.45) is 5.73 Å². The van der Waals surface area contributed by atoms with Crippen molar-refractivity contribution in [3.63, 3.8) is 0 Å². The van der Waals surface area contributed by atoms with Gasteiger partial charge in [-0.1, -0.05) is 18.2 Å². The fraction of sp³-hybridized carbons (Fsp3) is 0.357. The minimum absolute atomic E-state index is 0.215. The van der Waals surface area contributed by atoms with E-state index in [1.54, 1.807) is 25.1 Å². The lowest BCUT2D eigenvalue weighted by molar-refractivity contribution is 0.182. The Morgan fingerprint density at radius 3 is 2.90 bits per heavy atom. The van der Waals surface area contributed by atoms with Gasteiger partial charge >= 0.3 is 0 Å². The number of nitrogens with two attached hydrogens (primary N) is 1. The van der Waals surface area contributed by atoms with Crippen molar-refractivity contribution in [2.45, 2.75) is 17.5 Å². The van der Waals surface area contributed by atoms with Crippen LogP contribution in [0.4, 0.5) is 0 Å². The van der Waals surface area contributed by atoms with Gasteiger partial charge in [-0.3, -0.25) is 4.68 Å². The molecule has 0 aliphatic carbocycles. The van der Waals surface area contributed by atoms with Gasteiger partial charge < -0.3 is 10.5 Å². The lowest BCUT2D eigenvalue weighted by Crippen LogP contribution is -2.20. The molecule has 6 heteroatoms. The molecule has 0 saturated carbocycles. The number of thioether (sulfide) groups is 1. The summed E-state index contributed by atoms with van der Waals surface area (Å²) in [7, 11) is 1.68. The first-order valence-corrected chi connectivity index (χ1v) is 8.29. The third-order valence-electron chi connectivity index (χ3n) is 3.11. The Kier molecular flexibility index (Phi) is 5.65. The van der Waals surface area contributed by atoms with Gasteiger partial charge in [-0.25, -0.2) is 0 Å². The van der Waals surface area contributed by atoms with Crippen LogP contribution >= 0.6 is 27.7 Å². The molecule has 1 unspecified atom stereocenters. The highest BCUT2D eigenvalue weighted by atomic mass is 79.9. The van der Waals surface area contributed by atoms with Crippen LogP contribution in [-0.4, -0.2) is 29.8 Å². The molecule has 1 aromatic heterocycles. The number of halogens is 1. The quantitative estimate of drug-likeness (QED) is 0.809. The average Bonchev–Trinajstić information content (AvgIpc) is 2.85. The molecule has 0 aliphatic heterocycles. The number of ether oxygens (including phenoxy) is 1. The normalized spacial score (nSPS) is 12.6. The number of aromatic nitrogens is 2. The second kappa shape index (κ2) is 7.26. The molecule has 0 bridgehead atoms. The maximum Gasteiger partial charge on any atom is 0.0745 e. The van der Waals surface area contributed by atoms with Gasteiger partial charge in [0.15, 0.2) is 0 Å². The number of benzene rings is 1. The summed E-state index contributed by atoms with van der Waals surface area (Å²) in [6, 6.07) is 7.98. The number of methoxy groups -OCH3 is 1. The molecule has 0 amide bonds. The van der Waals surface area contributed by atoms with Gasteiger partial charge in [0.25, 0.3) is 0 Å². The zero-order valence-corrected chi connectivity index (χ0v) is 13.9. The second-order valence-corrected chi connectivity index (χ2v) is 6.02. The molecule has 0 saturated heterocycles. The van der Waals surface area contributed by atoms with E-state index in [1.807, 2.05) is 16.8 Å². The Labute approximate surface area is 131 Å². The predicted octanol–water partition coefficient (Wildman–Crippen LogP) is 3.06. The van der Waals surface area contributed by atoms with E-state index in [0.717, 1.165) is 15.7 Å². The molecule has 2 rings (SSSR count). The van der Waals surface area contributed by atoms with E-state index in [9.17, 15) is 0 Å². The SMILES string of the molecule is COCCn1ncc(Br)c1C(N)c1ccccc1SC. The Bertz CT molecular complexity index is 573. The largest absolute Gasteiger partial charge is 0.383 e. The molecule has 0 radical (unpaired) electrons. The molecule has 4 nitrogen and oxygen atoms in total. The van der Waals surface area contributed by atoms with Crippen LogP contribution in [0.1, 0.15) is 17.3 Å². The van der Waals surface area contributed by atoms with Crippen LogP contribution in [0.15, 0.2) is 39.8 Å². The summed E-state index contributed by atoms with van der Waals surface area (Å²) in [5.74, 6) is 0. The van der Waals surface area contributed by atoms with Crippen molar-refractivity contribution in [1.82, 2.24) is 9.78 Å². The molecular formula is C14H18BrN3OS. The van der Waals surface area contributed by atoms with Gasteiger partial charge in [0.05, 0.1) is 35.6 Å². The Balaban J connectivity index is 2.37. The first-order chi connectivity index (χ1) is 9.69. The fourth-order valence-corrected chi connectivity index (χ4v) is 3.30. The van der Waals surface area contributed by atoms with Crippen LogP contribution in [0.5, 0.6) is 0 Å². The van der Waals surface area contributed by atoms with Crippen LogP contribution in [0.25, 0.3) is 0 Å². The van der Waals surface area contributed by atoms with Gasteiger partial charge in [-0.15, -0.1) is 11.8 Å². The van der Waals surface area contributed by atoms with Crippen LogP contribution in [0, 0.1) is 0 Å². The van der Waals surface area contributed by atoms with Crippen molar-refractivity contribution in [2.75, 3.05) is 20.0 Å². The zero-order valence-electron chi connectivity index (χ0n) is 11.5. The smallest absolute Gasteiger partial charge is 0.0745 e. The summed E-state index contributed by atoms with van der Waals surface area (Å²) in [5, 5.41) is 4.36. The molecule has 1 atom stereocenters. The highest BCUT2D eigenvalue weighted by Gasteiger charge is 2.20. The summed E-state index contributed by atoms with van der Waals surface area (Å²) < 4.78 is 7.95. The summed E-state index contributed by atoms with van der Waals surface area (Å²) in [6.45, 7) is 1.30. The van der Waals surface area contributed by atoms with E-state index >= 15 is 0 Å². The summed E-state index contributed by atoms with van der Waals surface area (Å²) in [5.41, 5.74) is 8.55. The van der Waals surface area contributed by atoms with Gasteiger partial charge in [-0.05, 0) is 33.8 Å². The number of nitrogens with zero attached hydrogens (tertiary/aromatic N) is 2. The van der Waals surface area contributed by atoms with Crippen LogP contribution in [0.3, 0.4) is 0 Å². The molecule has 0 fully saturated rings. The molecular weight excluding hydrogens is 338 g/mol. The van der Waals surface area contributed by atoms with Crippen molar-refractivity contribution < 1.29 is 4.74 Å². The lowest BCUT2D eigenvalue weighted by Gasteiger charge is -2.18. The van der Waals surface area contributed by atoms with Gasteiger partial charge in [0.1, 0.15) is 0 Å². The molecule has 1 heterocycles. The number of hydrogen-bond donors (Lipinski definition) is 1. The van der Waals surface area contributed by atoms with Crippen LogP contribution in [-0.2, 0) is 11.3 Å². The molecule has 1 aromatic carbocycles. The lowest BCUT2D eigenvalue weighted by atomic mass is 10.0. The number of rotatable bonds is 6. The van der Waals surface area contributed by atoms with E-state index in [-0.39, 0.29) is 6.04 Å².